The smallest absolute Gasteiger partial charge is 0.210 e. The minimum Gasteiger partial charge on any atom is -0.344 e. The zero-order valence-electron chi connectivity index (χ0n) is 27.7. The van der Waals surface area contributed by atoms with E-state index in [0.717, 1.165) is 25.9 Å². The van der Waals surface area contributed by atoms with Gasteiger partial charge in [0.1, 0.15) is 6.54 Å². The molecule has 3 aromatic carbocycles. The third-order valence-electron chi connectivity index (χ3n) is 10.2. The van der Waals surface area contributed by atoms with Crippen molar-refractivity contribution in [2.24, 2.45) is 5.41 Å². The summed E-state index contributed by atoms with van der Waals surface area (Å²) in [6, 6.07) is 18.2. The van der Waals surface area contributed by atoms with Gasteiger partial charge in [-0.3, -0.25) is 0 Å². The largest absolute Gasteiger partial charge is 0.344 e. The van der Waals surface area contributed by atoms with Crippen molar-refractivity contribution in [1.29, 1.82) is 0 Å². The predicted octanol–water partition coefficient (Wildman–Crippen LogP) is 10.2. The van der Waals surface area contributed by atoms with Crippen molar-refractivity contribution in [2.45, 2.75) is 90.7 Å². The van der Waals surface area contributed by atoms with Gasteiger partial charge in [-0.25, -0.2) is 0 Å². The topological polar surface area (TPSA) is 6.25 Å². The SMILES string of the molecule is CCN1/C(=C/C(C)(S)/C=C/C(C)(C)C2=[N+](CC)c3ccc4ccccc4c3C2(C)C)C(C)(C)c2c1ccc1c2C=CCC1. The normalized spacial score (nSPS) is 21.1. The van der Waals surface area contributed by atoms with E-state index in [0.29, 0.717) is 0 Å². The number of thiol groups is 1. The molecular formula is C40H49N2S+. The second-order valence-electron chi connectivity index (χ2n) is 14.6. The lowest BCUT2D eigenvalue weighted by atomic mass is 9.69. The summed E-state index contributed by atoms with van der Waals surface area (Å²) in [5.74, 6) is 0. The fraction of sp³-hybridized carbons (Fsp3) is 0.425. The van der Waals surface area contributed by atoms with Gasteiger partial charge < -0.3 is 4.90 Å². The van der Waals surface area contributed by atoms with Gasteiger partial charge in [-0.15, -0.1) is 0 Å². The highest BCUT2D eigenvalue weighted by molar-refractivity contribution is 7.82. The van der Waals surface area contributed by atoms with Crippen molar-refractivity contribution in [3.63, 3.8) is 0 Å². The Morgan fingerprint density at radius 1 is 0.907 bits per heavy atom. The van der Waals surface area contributed by atoms with E-state index in [9.17, 15) is 0 Å². The quantitative estimate of drug-likeness (QED) is 0.171. The third kappa shape index (κ3) is 4.65. The zero-order chi connectivity index (χ0) is 30.9. The first kappa shape index (κ1) is 30.0. The molecule has 0 spiro atoms. The molecule has 0 amide bonds. The lowest BCUT2D eigenvalue weighted by Crippen LogP contribution is -2.40. The molecule has 1 aliphatic carbocycles. The number of anilines is 1. The maximum absolute atomic E-state index is 5.31. The summed E-state index contributed by atoms with van der Waals surface area (Å²) in [4.78, 5) is 2.51. The Morgan fingerprint density at radius 3 is 2.37 bits per heavy atom. The van der Waals surface area contributed by atoms with Crippen molar-refractivity contribution in [3.05, 3.63) is 101 Å². The van der Waals surface area contributed by atoms with Crippen LogP contribution in [-0.4, -0.2) is 28.1 Å². The van der Waals surface area contributed by atoms with E-state index in [-0.39, 0.29) is 16.2 Å². The Kier molecular flexibility index (Phi) is 7.16. The second kappa shape index (κ2) is 10.3. The van der Waals surface area contributed by atoms with E-state index < -0.39 is 4.75 Å². The number of likely N-dealkylation sites (N-methyl/N-ethyl adjacent to an activating group) is 1. The maximum Gasteiger partial charge on any atom is 0.210 e. The Labute approximate surface area is 265 Å². The first-order chi connectivity index (χ1) is 20.2. The fourth-order valence-corrected chi connectivity index (χ4v) is 8.75. The molecule has 43 heavy (non-hydrogen) atoms. The molecule has 1 atom stereocenters. The van der Waals surface area contributed by atoms with Crippen LogP contribution < -0.4 is 4.90 Å². The zero-order valence-corrected chi connectivity index (χ0v) is 28.6. The van der Waals surface area contributed by atoms with Crippen molar-refractivity contribution < 1.29 is 4.58 Å². The second-order valence-corrected chi connectivity index (χ2v) is 15.5. The molecule has 1 unspecified atom stereocenters. The van der Waals surface area contributed by atoms with Crippen LogP contribution in [-0.2, 0) is 17.3 Å². The number of fused-ring (bicyclic) bond motifs is 6. The monoisotopic (exact) mass is 589 g/mol. The van der Waals surface area contributed by atoms with Gasteiger partial charge in [0.25, 0.3) is 0 Å². The summed E-state index contributed by atoms with van der Waals surface area (Å²) >= 11 is 5.31. The molecule has 0 aromatic heterocycles. The van der Waals surface area contributed by atoms with E-state index in [1.807, 2.05) is 0 Å². The first-order valence-corrected chi connectivity index (χ1v) is 16.6. The van der Waals surface area contributed by atoms with Crippen LogP contribution in [0.2, 0.25) is 0 Å². The highest BCUT2D eigenvalue weighted by Crippen LogP contribution is 2.52. The van der Waals surface area contributed by atoms with Gasteiger partial charge >= 0.3 is 0 Å². The lowest BCUT2D eigenvalue weighted by molar-refractivity contribution is -0.437. The molecule has 3 aromatic rings. The third-order valence-corrected chi connectivity index (χ3v) is 10.5. The molecule has 0 N–H and O–H groups in total. The van der Waals surface area contributed by atoms with E-state index >= 15 is 0 Å². The van der Waals surface area contributed by atoms with Crippen molar-refractivity contribution in [2.75, 3.05) is 18.0 Å². The van der Waals surface area contributed by atoms with Gasteiger partial charge in [0.05, 0.1) is 10.8 Å². The van der Waals surface area contributed by atoms with Crippen LogP contribution in [0.3, 0.4) is 0 Å². The fourth-order valence-electron chi connectivity index (χ4n) is 8.56. The Balaban J connectivity index is 1.39. The Hall–Kier alpha value is -3.04. The summed E-state index contributed by atoms with van der Waals surface area (Å²) in [5.41, 5.74) is 10.9. The number of benzene rings is 3. The molecule has 3 heteroatoms. The van der Waals surface area contributed by atoms with Crippen LogP contribution in [0, 0.1) is 5.41 Å². The summed E-state index contributed by atoms with van der Waals surface area (Å²) in [5, 5.41) is 2.67. The number of aryl methyl sites for hydroxylation is 1. The highest BCUT2D eigenvalue weighted by atomic mass is 32.1. The standard InChI is InChI=1S/C40H48N2S/c1-10-41-31-22-20-27-16-12-14-18-29(27)34(31)38(5,6)33(41)26-40(9,43)25-24-37(3,4)36-39(7,8)35-30-19-15-13-17-28(30)21-23-32(35)42(36)11-2/h13-15,17-26H,10-12,16H2,1-9H3/p+1/b25-24+,33-26+. The van der Waals surface area contributed by atoms with Gasteiger partial charge in [0, 0.05) is 39.7 Å². The van der Waals surface area contributed by atoms with E-state index in [1.165, 1.54) is 55.8 Å². The molecule has 2 aliphatic heterocycles. The molecule has 0 fully saturated rings. The Bertz CT molecular complexity index is 1740. The summed E-state index contributed by atoms with van der Waals surface area (Å²) < 4.78 is 2.14. The van der Waals surface area contributed by atoms with Crippen molar-refractivity contribution in [1.82, 2.24) is 0 Å². The van der Waals surface area contributed by atoms with Gasteiger partial charge in [-0.1, -0.05) is 68.5 Å². The molecule has 0 saturated carbocycles. The van der Waals surface area contributed by atoms with Gasteiger partial charge in [0.2, 0.25) is 5.69 Å². The van der Waals surface area contributed by atoms with E-state index in [1.54, 1.807) is 0 Å². The van der Waals surface area contributed by atoms with Crippen LogP contribution in [0.4, 0.5) is 11.4 Å². The number of rotatable bonds is 6. The molecule has 0 radical (unpaired) electrons. The van der Waals surface area contributed by atoms with Crippen molar-refractivity contribution >= 4 is 46.6 Å². The van der Waals surface area contributed by atoms with E-state index in [2.05, 4.69) is 151 Å². The number of nitrogens with zero attached hydrogens (tertiary/aromatic N) is 2. The summed E-state index contributed by atoms with van der Waals surface area (Å²) in [7, 11) is 0. The average Bonchev–Trinajstić information content (AvgIpc) is 3.35. The van der Waals surface area contributed by atoms with Crippen LogP contribution in [0.1, 0.15) is 91.0 Å². The molecule has 6 rings (SSSR count). The number of allylic oxidation sites excluding steroid dienone is 3. The van der Waals surface area contributed by atoms with E-state index in [4.69, 9.17) is 12.6 Å². The average molecular weight is 590 g/mol. The molecule has 3 aliphatic rings. The Morgan fingerprint density at radius 2 is 1.65 bits per heavy atom. The lowest BCUT2D eigenvalue weighted by Gasteiger charge is -2.31. The van der Waals surface area contributed by atoms with Crippen LogP contribution in [0.15, 0.2) is 78.5 Å². The molecule has 0 bridgehead atoms. The highest BCUT2D eigenvalue weighted by Gasteiger charge is 2.52. The van der Waals surface area contributed by atoms with Crippen LogP contribution in [0.25, 0.3) is 16.8 Å². The summed E-state index contributed by atoms with van der Waals surface area (Å²) in [6.07, 6.45) is 14.1. The number of hydrogen-bond donors (Lipinski definition) is 1. The minimum atomic E-state index is -0.421. The van der Waals surface area contributed by atoms with Gasteiger partial charge in [-0.05, 0) is 107 Å². The van der Waals surface area contributed by atoms with Crippen molar-refractivity contribution in [3.8, 4) is 0 Å². The van der Waals surface area contributed by atoms with Gasteiger partial charge in [-0.2, -0.15) is 17.2 Å². The molecule has 224 valence electrons. The first-order valence-electron chi connectivity index (χ1n) is 16.2. The maximum atomic E-state index is 5.31. The predicted molar refractivity (Wildman–Crippen MR) is 191 cm³/mol. The molecular weight excluding hydrogens is 541 g/mol. The number of hydrogen-bond acceptors (Lipinski definition) is 2. The molecule has 0 saturated heterocycles. The van der Waals surface area contributed by atoms with Crippen LogP contribution in [0.5, 0.6) is 0 Å². The molecule has 2 nitrogen and oxygen atoms in total. The minimum absolute atomic E-state index is 0.102. The molecule has 2 heterocycles. The van der Waals surface area contributed by atoms with Crippen LogP contribution >= 0.6 is 12.6 Å². The van der Waals surface area contributed by atoms with Gasteiger partial charge in [0.15, 0.2) is 5.71 Å². The summed E-state index contributed by atoms with van der Waals surface area (Å²) in [6.45, 7) is 23.0.